The molecule has 1 atom stereocenters. The standard InChI is InChI=1S/C27H31NO7/c1-6-16-33-23(29)19-11-7-8-12-21(19)34-22-13-9-10-18-14-15-27(17-20(18)22,24(30)32-5)28-25(31)35-26(2,3)4/h6-13H,1,14-17H2,2-5H3,(H,28,31)/t27-/m0/s1. The van der Waals surface area contributed by atoms with E-state index < -0.39 is 29.2 Å². The summed E-state index contributed by atoms with van der Waals surface area (Å²) in [5, 5.41) is 2.75. The zero-order valence-electron chi connectivity index (χ0n) is 20.5. The molecule has 0 saturated heterocycles. The van der Waals surface area contributed by atoms with Gasteiger partial charge in [0.05, 0.1) is 7.11 Å². The summed E-state index contributed by atoms with van der Waals surface area (Å²) in [7, 11) is 1.28. The molecule has 8 heteroatoms. The molecular weight excluding hydrogens is 450 g/mol. The highest BCUT2D eigenvalue weighted by molar-refractivity contribution is 5.92. The fourth-order valence-electron chi connectivity index (χ4n) is 3.96. The van der Waals surface area contributed by atoms with E-state index in [1.807, 2.05) is 12.1 Å². The van der Waals surface area contributed by atoms with Gasteiger partial charge in [0, 0.05) is 12.0 Å². The molecule has 0 unspecified atom stereocenters. The van der Waals surface area contributed by atoms with Gasteiger partial charge >= 0.3 is 18.0 Å². The number of methoxy groups -OCH3 is 1. The van der Waals surface area contributed by atoms with E-state index in [0.717, 1.165) is 11.1 Å². The molecule has 3 rings (SSSR count). The zero-order chi connectivity index (χ0) is 25.6. The van der Waals surface area contributed by atoms with E-state index in [1.54, 1.807) is 51.1 Å². The second-order valence-corrected chi connectivity index (χ2v) is 9.26. The number of hydrogen-bond donors (Lipinski definition) is 1. The van der Waals surface area contributed by atoms with E-state index in [9.17, 15) is 14.4 Å². The Morgan fingerprint density at radius 3 is 2.49 bits per heavy atom. The van der Waals surface area contributed by atoms with Crippen molar-refractivity contribution in [1.82, 2.24) is 5.32 Å². The van der Waals surface area contributed by atoms with Crippen LogP contribution in [0.1, 0.15) is 48.7 Å². The highest BCUT2D eigenvalue weighted by atomic mass is 16.6. The second-order valence-electron chi connectivity index (χ2n) is 9.26. The predicted molar refractivity (Wildman–Crippen MR) is 130 cm³/mol. The molecule has 0 radical (unpaired) electrons. The summed E-state index contributed by atoms with van der Waals surface area (Å²) < 4.78 is 21.8. The van der Waals surface area contributed by atoms with Gasteiger partial charge in [-0.05, 0) is 57.4 Å². The van der Waals surface area contributed by atoms with Gasteiger partial charge in [0.2, 0.25) is 0 Å². The van der Waals surface area contributed by atoms with Gasteiger partial charge in [-0.25, -0.2) is 14.4 Å². The van der Waals surface area contributed by atoms with Crippen LogP contribution in [0.2, 0.25) is 0 Å². The van der Waals surface area contributed by atoms with Gasteiger partial charge in [0.25, 0.3) is 0 Å². The van der Waals surface area contributed by atoms with Crippen molar-refractivity contribution >= 4 is 18.0 Å². The maximum Gasteiger partial charge on any atom is 0.408 e. The molecule has 8 nitrogen and oxygen atoms in total. The molecular formula is C27H31NO7. The number of benzene rings is 2. The molecule has 2 aromatic rings. The first-order valence-corrected chi connectivity index (χ1v) is 11.3. The third-order valence-electron chi connectivity index (χ3n) is 5.51. The summed E-state index contributed by atoms with van der Waals surface area (Å²) in [6.45, 7) is 8.87. The van der Waals surface area contributed by atoms with Crippen molar-refractivity contribution in [2.24, 2.45) is 0 Å². The van der Waals surface area contributed by atoms with Gasteiger partial charge in [-0.3, -0.25) is 0 Å². The fourth-order valence-corrected chi connectivity index (χ4v) is 3.96. The Labute approximate surface area is 205 Å². The number of alkyl carbamates (subject to hydrolysis) is 1. The van der Waals surface area contributed by atoms with Crippen LogP contribution in [-0.2, 0) is 31.8 Å². The molecule has 0 fully saturated rings. The Hall–Kier alpha value is -3.81. The van der Waals surface area contributed by atoms with Crippen LogP contribution in [0.3, 0.4) is 0 Å². The summed E-state index contributed by atoms with van der Waals surface area (Å²) in [5.41, 5.74) is -0.0962. The molecule has 1 aliphatic rings. The van der Waals surface area contributed by atoms with E-state index in [2.05, 4.69) is 11.9 Å². The molecule has 0 bridgehead atoms. The average Bonchev–Trinajstić information content (AvgIpc) is 2.81. The summed E-state index contributed by atoms with van der Waals surface area (Å²) in [6.07, 6.45) is 1.74. The largest absolute Gasteiger partial charge is 0.467 e. The highest BCUT2D eigenvalue weighted by Gasteiger charge is 2.45. The predicted octanol–water partition coefficient (Wildman–Crippen LogP) is 4.75. The quantitative estimate of drug-likeness (QED) is 0.346. The first kappa shape index (κ1) is 25.8. The number of ether oxygens (including phenoxy) is 4. The van der Waals surface area contributed by atoms with Crippen molar-refractivity contribution in [3.8, 4) is 11.5 Å². The molecule has 1 amide bonds. The summed E-state index contributed by atoms with van der Waals surface area (Å²) in [6, 6.07) is 12.3. The minimum absolute atomic E-state index is 0.0753. The minimum Gasteiger partial charge on any atom is -0.467 e. The van der Waals surface area contributed by atoms with Crippen LogP contribution in [0.4, 0.5) is 4.79 Å². The number of aryl methyl sites for hydroxylation is 1. The van der Waals surface area contributed by atoms with Crippen LogP contribution in [0.25, 0.3) is 0 Å². The summed E-state index contributed by atoms with van der Waals surface area (Å²) in [5.74, 6) is -0.340. The van der Waals surface area contributed by atoms with E-state index in [0.29, 0.717) is 24.3 Å². The average molecular weight is 482 g/mol. The topological polar surface area (TPSA) is 100 Å². The third-order valence-corrected chi connectivity index (χ3v) is 5.51. The van der Waals surface area contributed by atoms with Gasteiger partial charge in [-0.15, -0.1) is 0 Å². The normalized spacial score (nSPS) is 16.9. The highest BCUT2D eigenvalue weighted by Crippen LogP contribution is 2.38. The van der Waals surface area contributed by atoms with E-state index >= 15 is 0 Å². The van der Waals surface area contributed by atoms with Crippen molar-refractivity contribution in [2.75, 3.05) is 13.7 Å². The Balaban J connectivity index is 1.95. The molecule has 1 N–H and O–H groups in total. The Morgan fingerprint density at radius 2 is 1.80 bits per heavy atom. The fraction of sp³-hybridized carbons (Fsp3) is 0.370. The molecule has 35 heavy (non-hydrogen) atoms. The van der Waals surface area contributed by atoms with Crippen LogP contribution < -0.4 is 10.1 Å². The Morgan fingerprint density at radius 1 is 1.09 bits per heavy atom. The molecule has 0 saturated carbocycles. The lowest BCUT2D eigenvalue weighted by atomic mass is 9.77. The van der Waals surface area contributed by atoms with Gasteiger partial charge in [-0.2, -0.15) is 0 Å². The van der Waals surface area contributed by atoms with Gasteiger partial charge in [0.1, 0.15) is 34.8 Å². The van der Waals surface area contributed by atoms with Crippen molar-refractivity contribution < 1.29 is 33.3 Å². The van der Waals surface area contributed by atoms with Crippen LogP contribution in [0.5, 0.6) is 11.5 Å². The van der Waals surface area contributed by atoms with Gasteiger partial charge in [0.15, 0.2) is 0 Å². The second kappa shape index (κ2) is 10.6. The first-order valence-electron chi connectivity index (χ1n) is 11.3. The van der Waals surface area contributed by atoms with Crippen LogP contribution >= 0.6 is 0 Å². The molecule has 186 valence electrons. The maximum absolute atomic E-state index is 12.9. The lowest BCUT2D eigenvalue weighted by molar-refractivity contribution is -0.149. The van der Waals surface area contributed by atoms with Crippen molar-refractivity contribution in [3.05, 3.63) is 71.8 Å². The Kier molecular flexibility index (Phi) is 7.84. The lowest BCUT2D eigenvalue weighted by Gasteiger charge is -2.37. The Bertz CT molecular complexity index is 1120. The zero-order valence-corrected chi connectivity index (χ0v) is 20.5. The first-order chi connectivity index (χ1) is 16.6. The lowest BCUT2D eigenvalue weighted by Crippen LogP contribution is -2.59. The third kappa shape index (κ3) is 6.20. The summed E-state index contributed by atoms with van der Waals surface area (Å²) in [4.78, 5) is 38.0. The number of esters is 2. The molecule has 1 aliphatic carbocycles. The van der Waals surface area contributed by atoms with E-state index in [4.69, 9.17) is 18.9 Å². The van der Waals surface area contributed by atoms with E-state index in [-0.39, 0.29) is 18.6 Å². The summed E-state index contributed by atoms with van der Waals surface area (Å²) >= 11 is 0. The number of carbonyl (C=O) groups excluding carboxylic acids is 3. The number of fused-ring (bicyclic) bond motifs is 1. The molecule has 0 spiro atoms. The van der Waals surface area contributed by atoms with Crippen LogP contribution in [0.15, 0.2) is 55.1 Å². The minimum atomic E-state index is -1.33. The number of para-hydroxylation sites is 1. The number of rotatable bonds is 7. The van der Waals surface area contributed by atoms with Crippen LogP contribution in [0, 0.1) is 0 Å². The number of nitrogens with one attached hydrogen (secondary N) is 1. The smallest absolute Gasteiger partial charge is 0.408 e. The number of hydrogen-bond acceptors (Lipinski definition) is 7. The van der Waals surface area contributed by atoms with Crippen molar-refractivity contribution in [3.63, 3.8) is 0 Å². The van der Waals surface area contributed by atoms with Crippen molar-refractivity contribution in [1.29, 1.82) is 0 Å². The van der Waals surface area contributed by atoms with Crippen LogP contribution in [-0.4, -0.2) is 42.9 Å². The number of carbonyl (C=O) groups is 3. The van der Waals surface area contributed by atoms with Crippen molar-refractivity contribution in [2.45, 2.75) is 51.2 Å². The molecule has 0 aliphatic heterocycles. The molecule has 2 aromatic carbocycles. The maximum atomic E-state index is 12.9. The van der Waals surface area contributed by atoms with E-state index in [1.165, 1.54) is 13.2 Å². The van der Waals surface area contributed by atoms with Gasteiger partial charge in [-0.1, -0.05) is 36.9 Å². The molecule has 0 heterocycles. The number of amides is 1. The SMILES string of the molecule is C=CCOC(=O)c1ccccc1Oc1cccc2c1C[C@](NC(=O)OC(C)(C)C)(C(=O)OC)CC2. The molecule has 0 aromatic heterocycles. The van der Waals surface area contributed by atoms with Gasteiger partial charge < -0.3 is 24.3 Å². The monoisotopic (exact) mass is 481 g/mol.